The van der Waals surface area contributed by atoms with Gasteiger partial charge in [0.2, 0.25) is 9.84 Å². The lowest BCUT2D eigenvalue weighted by Crippen LogP contribution is -2.04. The van der Waals surface area contributed by atoms with Crippen molar-refractivity contribution in [1.82, 2.24) is 0 Å². The van der Waals surface area contributed by atoms with E-state index in [-0.39, 0.29) is 0 Å². The van der Waals surface area contributed by atoms with Crippen LogP contribution in [0.25, 0.3) is 0 Å². The van der Waals surface area contributed by atoms with Crippen molar-refractivity contribution in [2.45, 2.75) is 37.5 Å². The lowest BCUT2D eigenvalue weighted by Gasteiger charge is -2.10. The zero-order valence-electron chi connectivity index (χ0n) is 11.7. The van der Waals surface area contributed by atoms with Gasteiger partial charge in [-0.05, 0) is 68.7 Å². The molecule has 0 N–H and O–H groups in total. The second kappa shape index (κ2) is 4.82. The first-order chi connectivity index (χ1) is 8.82. The van der Waals surface area contributed by atoms with Crippen molar-refractivity contribution in [3.8, 4) is 0 Å². The van der Waals surface area contributed by atoms with E-state index in [1.807, 2.05) is 39.8 Å². The van der Waals surface area contributed by atoms with E-state index < -0.39 is 9.84 Å². The molecule has 100 valence electrons. The Balaban J connectivity index is 2.60. The molecule has 0 aliphatic rings. The van der Waals surface area contributed by atoms with Crippen LogP contribution in [0.5, 0.6) is 0 Å². The van der Waals surface area contributed by atoms with Crippen LogP contribution < -0.4 is 0 Å². The molecule has 2 rings (SSSR count). The summed E-state index contributed by atoms with van der Waals surface area (Å²) >= 11 is 0. The van der Waals surface area contributed by atoms with Crippen LogP contribution in [0.1, 0.15) is 22.3 Å². The highest BCUT2D eigenvalue weighted by molar-refractivity contribution is 7.91. The molecule has 2 aromatic rings. The summed E-state index contributed by atoms with van der Waals surface area (Å²) in [7, 11) is -3.42. The molecule has 0 saturated carbocycles. The molecule has 3 heteroatoms. The Morgan fingerprint density at radius 3 is 1.68 bits per heavy atom. The van der Waals surface area contributed by atoms with Gasteiger partial charge in [0.1, 0.15) is 0 Å². The van der Waals surface area contributed by atoms with Gasteiger partial charge < -0.3 is 0 Å². The molecule has 0 heterocycles. The van der Waals surface area contributed by atoms with Crippen molar-refractivity contribution in [3.05, 3.63) is 58.7 Å². The first kappa shape index (κ1) is 13.8. The van der Waals surface area contributed by atoms with E-state index in [0.717, 1.165) is 22.3 Å². The average Bonchev–Trinajstić information content (AvgIpc) is 2.35. The minimum Gasteiger partial charge on any atom is -0.219 e. The van der Waals surface area contributed by atoms with Gasteiger partial charge in [0.05, 0.1) is 9.79 Å². The summed E-state index contributed by atoms with van der Waals surface area (Å²) < 4.78 is 25.1. The van der Waals surface area contributed by atoms with Crippen LogP contribution in [0.4, 0.5) is 0 Å². The van der Waals surface area contributed by atoms with Crippen LogP contribution in [0.2, 0.25) is 0 Å². The zero-order chi connectivity index (χ0) is 14.2. The second-order valence-electron chi connectivity index (χ2n) is 5.00. The van der Waals surface area contributed by atoms with Crippen LogP contribution >= 0.6 is 0 Å². The zero-order valence-corrected chi connectivity index (χ0v) is 12.5. The Morgan fingerprint density at radius 2 is 1.21 bits per heavy atom. The van der Waals surface area contributed by atoms with Crippen LogP contribution in [0.3, 0.4) is 0 Å². The molecule has 0 fully saturated rings. The Labute approximate surface area is 115 Å². The Bertz CT molecular complexity index is 688. The molecular formula is C16H18O2S. The summed E-state index contributed by atoms with van der Waals surface area (Å²) in [5, 5.41) is 0. The van der Waals surface area contributed by atoms with E-state index in [4.69, 9.17) is 0 Å². The molecule has 0 aromatic heterocycles. The fourth-order valence-electron chi connectivity index (χ4n) is 2.00. The van der Waals surface area contributed by atoms with Gasteiger partial charge in [0, 0.05) is 0 Å². The molecule has 0 atom stereocenters. The van der Waals surface area contributed by atoms with E-state index in [2.05, 4.69) is 0 Å². The molecule has 0 saturated heterocycles. The third kappa shape index (κ3) is 2.56. The summed E-state index contributed by atoms with van der Waals surface area (Å²) in [6.45, 7) is 7.83. The Morgan fingerprint density at radius 1 is 0.737 bits per heavy atom. The monoisotopic (exact) mass is 274 g/mol. The van der Waals surface area contributed by atoms with Crippen molar-refractivity contribution < 1.29 is 8.42 Å². The number of sulfone groups is 1. The highest BCUT2D eigenvalue weighted by Crippen LogP contribution is 2.25. The second-order valence-corrected chi connectivity index (χ2v) is 6.95. The summed E-state index contributed by atoms with van der Waals surface area (Å²) in [4.78, 5) is 0.720. The summed E-state index contributed by atoms with van der Waals surface area (Å²) in [5.41, 5.74) is 4.20. The number of hydrogen-bond acceptors (Lipinski definition) is 2. The number of rotatable bonds is 2. The van der Waals surface area contributed by atoms with E-state index in [0.29, 0.717) is 9.79 Å². The molecule has 0 radical (unpaired) electrons. The van der Waals surface area contributed by atoms with E-state index in [1.165, 1.54) is 0 Å². The first-order valence-electron chi connectivity index (χ1n) is 6.22. The quantitative estimate of drug-likeness (QED) is 0.835. The van der Waals surface area contributed by atoms with Crippen LogP contribution in [-0.2, 0) is 9.84 Å². The molecule has 2 aromatic carbocycles. The smallest absolute Gasteiger partial charge is 0.206 e. The van der Waals surface area contributed by atoms with Crippen LogP contribution in [0.15, 0.2) is 46.2 Å². The highest BCUT2D eigenvalue weighted by atomic mass is 32.2. The maximum absolute atomic E-state index is 12.6. The molecule has 0 aliphatic heterocycles. The molecule has 0 unspecified atom stereocenters. The fraction of sp³-hybridized carbons (Fsp3) is 0.250. The van der Waals surface area contributed by atoms with Crippen molar-refractivity contribution in [2.24, 2.45) is 0 Å². The van der Waals surface area contributed by atoms with Gasteiger partial charge in [-0.15, -0.1) is 0 Å². The average molecular weight is 274 g/mol. The number of aryl methyl sites for hydroxylation is 3. The normalized spacial score (nSPS) is 11.6. The molecule has 2 nitrogen and oxygen atoms in total. The fourth-order valence-corrected chi connectivity index (χ4v) is 3.44. The molecule has 0 amide bonds. The minimum absolute atomic E-state index is 0.348. The summed E-state index contributed by atoms with van der Waals surface area (Å²) in [6, 6.07) is 10.5. The lowest BCUT2D eigenvalue weighted by molar-refractivity contribution is 0.596. The lowest BCUT2D eigenvalue weighted by atomic mass is 10.1. The van der Waals surface area contributed by atoms with Crippen molar-refractivity contribution in [1.29, 1.82) is 0 Å². The Kier molecular flexibility index (Phi) is 3.50. The maximum atomic E-state index is 12.6. The molecule has 0 spiro atoms. The van der Waals surface area contributed by atoms with E-state index in [1.54, 1.807) is 24.3 Å². The van der Waals surface area contributed by atoms with Gasteiger partial charge in [0.15, 0.2) is 0 Å². The molecular weight excluding hydrogens is 256 g/mol. The third-order valence-electron chi connectivity index (χ3n) is 3.54. The third-order valence-corrected chi connectivity index (χ3v) is 5.29. The van der Waals surface area contributed by atoms with Crippen LogP contribution in [-0.4, -0.2) is 8.42 Å². The van der Waals surface area contributed by atoms with Crippen molar-refractivity contribution >= 4 is 9.84 Å². The molecule has 0 aliphatic carbocycles. The SMILES string of the molecule is Cc1ccc(S(=O)(=O)c2cc(C)c(C)c(C)c2)cc1. The maximum Gasteiger partial charge on any atom is 0.206 e. The van der Waals surface area contributed by atoms with Gasteiger partial charge in [-0.1, -0.05) is 17.7 Å². The largest absolute Gasteiger partial charge is 0.219 e. The van der Waals surface area contributed by atoms with Crippen molar-refractivity contribution in [3.63, 3.8) is 0 Å². The van der Waals surface area contributed by atoms with Gasteiger partial charge in [-0.2, -0.15) is 0 Å². The number of benzene rings is 2. The Hall–Kier alpha value is -1.61. The van der Waals surface area contributed by atoms with E-state index >= 15 is 0 Å². The topological polar surface area (TPSA) is 34.1 Å². The molecule has 0 bridgehead atoms. The predicted octanol–water partition coefficient (Wildman–Crippen LogP) is 3.75. The first-order valence-corrected chi connectivity index (χ1v) is 7.70. The summed E-state index contributed by atoms with van der Waals surface area (Å²) in [6.07, 6.45) is 0. The van der Waals surface area contributed by atoms with E-state index in [9.17, 15) is 8.42 Å². The standard InChI is InChI=1S/C16H18O2S/c1-11-5-7-15(8-6-11)19(17,18)16-9-12(2)14(4)13(3)10-16/h5-10H,1-4H3. The minimum atomic E-state index is -3.42. The van der Waals surface area contributed by atoms with Gasteiger partial charge in [-0.25, -0.2) is 8.42 Å². The number of hydrogen-bond donors (Lipinski definition) is 0. The van der Waals surface area contributed by atoms with Gasteiger partial charge in [-0.3, -0.25) is 0 Å². The summed E-state index contributed by atoms with van der Waals surface area (Å²) in [5.74, 6) is 0. The van der Waals surface area contributed by atoms with Crippen molar-refractivity contribution in [2.75, 3.05) is 0 Å². The predicted molar refractivity (Wildman–Crippen MR) is 77.3 cm³/mol. The van der Waals surface area contributed by atoms with Crippen LogP contribution in [0, 0.1) is 27.7 Å². The van der Waals surface area contributed by atoms with Gasteiger partial charge in [0.25, 0.3) is 0 Å². The highest BCUT2D eigenvalue weighted by Gasteiger charge is 2.18. The molecule has 19 heavy (non-hydrogen) atoms. The van der Waals surface area contributed by atoms with Gasteiger partial charge >= 0.3 is 0 Å².